The molecule has 0 N–H and O–H groups in total. The highest BCUT2D eigenvalue weighted by atomic mass is 35.5. The van der Waals surface area contributed by atoms with E-state index in [-0.39, 0.29) is 23.5 Å². The average Bonchev–Trinajstić information content (AvgIpc) is 3.29. The van der Waals surface area contributed by atoms with Crippen LogP contribution in [0.5, 0.6) is 5.75 Å². The summed E-state index contributed by atoms with van der Waals surface area (Å²) < 4.78 is 24.3. The van der Waals surface area contributed by atoms with Crippen molar-refractivity contribution in [1.82, 2.24) is 15.0 Å². The predicted molar refractivity (Wildman–Crippen MR) is 100 cm³/mol. The second-order valence-electron chi connectivity index (χ2n) is 6.51. The van der Waals surface area contributed by atoms with Gasteiger partial charge in [-0.3, -0.25) is 4.79 Å². The summed E-state index contributed by atoms with van der Waals surface area (Å²) in [6, 6.07) is 11.5. The predicted octanol–water partition coefficient (Wildman–Crippen LogP) is 4.40. The van der Waals surface area contributed by atoms with E-state index in [1.807, 2.05) is 18.2 Å². The number of ether oxygens (including phenoxy) is 1. The summed E-state index contributed by atoms with van der Waals surface area (Å²) in [6.45, 7) is 0.402. The normalized spacial score (nSPS) is 16.6. The first-order valence-electron chi connectivity index (χ1n) is 8.76. The van der Waals surface area contributed by atoms with Gasteiger partial charge in [0.15, 0.2) is 11.6 Å². The first-order chi connectivity index (χ1) is 13.5. The maximum Gasteiger partial charge on any atom is 0.249 e. The van der Waals surface area contributed by atoms with Gasteiger partial charge in [-0.15, -0.1) is 0 Å². The molecule has 0 spiro atoms. The van der Waals surface area contributed by atoms with Gasteiger partial charge < -0.3 is 14.2 Å². The van der Waals surface area contributed by atoms with Crippen LogP contribution in [-0.2, 0) is 11.3 Å². The minimum absolute atomic E-state index is 0.0141. The van der Waals surface area contributed by atoms with Gasteiger partial charge in [0, 0.05) is 23.6 Å². The van der Waals surface area contributed by atoms with E-state index in [9.17, 15) is 9.18 Å². The van der Waals surface area contributed by atoms with Crippen LogP contribution in [0, 0.1) is 5.82 Å². The molecule has 8 heteroatoms. The van der Waals surface area contributed by atoms with Crippen LogP contribution in [0.25, 0.3) is 11.4 Å². The summed E-state index contributed by atoms with van der Waals surface area (Å²) in [5.74, 6) is 0.240. The molecule has 4 rings (SSSR count). The summed E-state index contributed by atoms with van der Waals surface area (Å²) >= 11 is 6.04. The van der Waals surface area contributed by atoms with E-state index in [0.29, 0.717) is 35.9 Å². The summed E-state index contributed by atoms with van der Waals surface area (Å²) in [5.41, 5.74) is 1.39. The number of benzene rings is 2. The number of hydrogen-bond donors (Lipinski definition) is 0. The molecule has 1 aliphatic rings. The monoisotopic (exact) mass is 401 g/mol. The van der Waals surface area contributed by atoms with Gasteiger partial charge in [0.05, 0.1) is 7.11 Å². The molecular weight excluding hydrogens is 385 g/mol. The van der Waals surface area contributed by atoms with Crippen LogP contribution in [-0.4, -0.2) is 28.1 Å². The molecule has 1 amide bonds. The Morgan fingerprint density at radius 1 is 1.32 bits per heavy atom. The first-order valence-corrected chi connectivity index (χ1v) is 9.14. The number of likely N-dealkylation sites (tertiary alicyclic amines) is 1. The van der Waals surface area contributed by atoms with Crippen LogP contribution < -0.4 is 4.74 Å². The highest BCUT2D eigenvalue weighted by molar-refractivity contribution is 6.30. The van der Waals surface area contributed by atoms with Crippen LogP contribution in [0.1, 0.15) is 30.3 Å². The lowest BCUT2D eigenvalue weighted by Gasteiger charge is -2.22. The van der Waals surface area contributed by atoms with Crippen LogP contribution in [0.3, 0.4) is 0 Å². The van der Waals surface area contributed by atoms with Crippen molar-refractivity contribution in [3.63, 3.8) is 0 Å². The SMILES string of the molecule is COc1ccc(-c2noc(C3CCC(=O)N3Cc3cccc(Cl)c3)n2)cc1F. The first kappa shape index (κ1) is 18.4. The minimum Gasteiger partial charge on any atom is -0.494 e. The molecule has 0 aliphatic carbocycles. The Hall–Kier alpha value is -2.93. The Kier molecular flexibility index (Phi) is 5.00. The van der Waals surface area contributed by atoms with Crippen molar-refractivity contribution in [3.05, 3.63) is 64.8 Å². The molecule has 1 saturated heterocycles. The average molecular weight is 402 g/mol. The van der Waals surface area contributed by atoms with Gasteiger partial charge in [-0.25, -0.2) is 4.39 Å². The van der Waals surface area contributed by atoms with Crippen LogP contribution in [0.2, 0.25) is 5.02 Å². The van der Waals surface area contributed by atoms with E-state index in [4.69, 9.17) is 20.9 Å². The van der Waals surface area contributed by atoms with Gasteiger partial charge in [-0.2, -0.15) is 4.98 Å². The third-order valence-corrected chi connectivity index (χ3v) is 4.94. The number of carbonyl (C=O) groups excluding carboxylic acids is 1. The van der Waals surface area contributed by atoms with Crippen molar-refractivity contribution in [2.24, 2.45) is 0 Å². The zero-order valence-corrected chi connectivity index (χ0v) is 15.8. The van der Waals surface area contributed by atoms with Crippen LogP contribution in [0.15, 0.2) is 47.0 Å². The van der Waals surface area contributed by atoms with E-state index in [0.717, 1.165) is 5.56 Å². The molecular formula is C20H17ClFN3O3. The minimum atomic E-state index is -0.509. The zero-order chi connectivity index (χ0) is 19.7. The zero-order valence-electron chi connectivity index (χ0n) is 15.1. The number of amides is 1. The lowest BCUT2D eigenvalue weighted by atomic mass is 10.1. The van der Waals surface area contributed by atoms with Crippen molar-refractivity contribution < 1.29 is 18.4 Å². The molecule has 1 aliphatic heterocycles. The molecule has 1 atom stereocenters. The van der Waals surface area contributed by atoms with E-state index in [1.54, 1.807) is 17.0 Å². The molecule has 28 heavy (non-hydrogen) atoms. The molecule has 0 radical (unpaired) electrons. The second-order valence-corrected chi connectivity index (χ2v) is 6.95. The summed E-state index contributed by atoms with van der Waals surface area (Å²) in [7, 11) is 1.40. The Morgan fingerprint density at radius 2 is 2.18 bits per heavy atom. The van der Waals surface area contributed by atoms with Crippen molar-refractivity contribution >= 4 is 17.5 Å². The number of methoxy groups -OCH3 is 1. The van der Waals surface area contributed by atoms with Crippen LogP contribution in [0.4, 0.5) is 4.39 Å². The van der Waals surface area contributed by atoms with Gasteiger partial charge in [0.25, 0.3) is 0 Å². The van der Waals surface area contributed by atoms with Crippen molar-refractivity contribution in [2.45, 2.75) is 25.4 Å². The lowest BCUT2D eigenvalue weighted by Crippen LogP contribution is -2.27. The number of halogens is 2. The fraction of sp³-hybridized carbons (Fsp3) is 0.250. The maximum absolute atomic E-state index is 14.0. The third-order valence-electron chi connectivity index (χ3n) is 4.71. The largest absolute Gasteiger partial charge is 0.494 e. The maximum atomic E-state index is 14.0. The lowest BCUT2D eigenvalue weighted by molar-refractivity contribution is -0.129. The quantitative estimate of drug-likeness (QED) is 0.633. The topological polar surface area (TPSA) is 68.5 Å². The van der Waals surface area contributed by atoms with Gasteiger partial charge in [0.2, 0.25) is 17.6 Å². The van der Waals surface area contributed by atoms with E-state index < -0.39 is 5.82 Å². The Morgan fingerprint density at radius 3 is 2.93 bits per heavy atom. The smallest absolute Gasteiger partial charge is 0.249 e. The standard InChI is InChI=1S/C20H17ClFN3O3/c1-27-17-7-5-13(10-15(17)22)19-23-20(28-24-19)16-6-8-18(26)25(16)11-12-3-2-4-14(21)9-12/h2-5,7,9-10,16H,6,8,11H2,1H3. The number of rotatable bonds is 5. The van der Waals surface area contributed by atoms with Crippen molar-refractivity contribution in [2.75, 3.05) is 7.11 Å². The summed E-state index contributed by atoms with van der Waals surface area (Å²) in [5, 5.41) is 4.57. The highest BCUT2D eigenvalue weighted by Crippen LogP contribution is 2.34. The summed E-state index contributed by atoms with van der Waals surface area (Å²) in [6.07, 6.45) is 0.984. The number of nitrogens with zero attached hydrogens (tertiary/aromatic N) is 3. The van der Waals surface area contributed by atoms with E-state index in [1.165, 1.54) is 19.2 Å². The van der Waals surface area contributed by atoms with E-state index >= 15 is 0 Å². The molecule has 2 aromatic carbocycles. The molecule has 3 aromatic rings. The Bertz CT molecular complexity index is 1020. The molecule has 144 valence electrons. The fourth-order valence-electron chi connectivity index (χ4n) is 3.31. The molecule has 1 aromatic heterocycles. The number of hydrogen-bond acceptors (Lipinski definition) is 5. The third kappa shape index (κ3) is 3.57. The van der Waals surface area contributed by atoms with Crippen molar-refractivity contribution in [3.8, 4) is 17.1 Å². The molecule has 0 saturated carbocycles. The number of aromatic nitrogens is 2. The van der Waals surface area contributed by atoms with Gasteiger partial charge >= 0.3 is 0 Å². The Balaban J connectivity index is 1.58. The molecule has 2 heterocycles. The van der Waals surface area contributed by atoms with Gasteiger partial charge in [-0.1, -0.05) is 28.9 Å². The van der Waals surface area contributed by atoms with E-state index in [2.05, 4.69) is 10.1 Å². The van der Waals surface area contributed by atoms with Crippen molar-refractivity contribution in [1.29, 1.82) is 0 Å². The number of carbonyl (C=O) groups is 1. The molecule has 6 nitrogen and oxygen atoms in total. The highest BCUT2D eigenvalue weighted by Gasteiger charge is 2.36. The molecule has 1 fully saturated rings. The fourth-order valence-corrected chi connectivity index (χ4v) is 3.53. The van der Waals surface area contributed by atoms with Gasteiger partial charge in [0.1, 0.15) is 6.04 Å². The van der Waals surface area contributed by atoms with Gasteiger partial charge in [-0.05, 0) is 42.3 Å². The summed E-state index contributed by atoms with van der Waals surface area (Å²) in [4.78, 5) is 18.5. The second kappa shape index (κ2) is 7.59. The molecule has 1 unspecified atom stereocenters. The Labute approximate surface area is 165 Å². The molecule has 0 bridgehead atoms. The van der Waals surface area contributed by atoms with Crippen LogP contribution >= 0.6 is 11.6 Å².